The monoisotopic (exact) mass is 370 g/mol. The third-order valence-corrected chi connectivity index (χ3v) is 6.20. The Kier molecular flexibility index (Phi) is 5.45. The number of sulfonamides is 1. The van der Waals surface area contributed by atoms with Gasteiger partial charge in [0.1, 0.15) is 11.8 Å². The first-order valence-electron chi connectivity index (χ1n) is 8.75. The van der Waals surface area contributed by atoms with E-state index in [4.69, 9.17) is 4.52 Å². The molecule has 1 aromatic heterocycles. The van der Waals surface area contributed by atoms with Crippen molar-refractivity contribution in [3.8, 4) is 0 Å². The maximum Gasteiger partial charge on any atom is 0.241 e. The van der Waals surface area contributed by atoms with E-state index in [0.29, 0.717) is 32.6 Å². The molecule has 1 atom stereocenters. The van der Waals surface area contributed by atoms with Crippen LogP contribution in [0.25, 0.3) is 0 Å². The molecule has 3 heterocycles. The summed E-state index contributed by atoms with van der Waals surface area (Å²) < 4.78 is 30.4. The Morgan fingerprint density at radius 1 is 1.24 bits per heavy atom. The summed E-state index contributed by atoms with van der Waals surface area (Å²) in [5.74, 6) is 0.740. The lowest BCUT2D eigenvalue weighted by atomic mass is 10.0. The van der Waals surface area contributed by atoms with Crippen LogP contribution in [-0.4, -0.2) is 78.6 Å². The smallest absolute Gasteiger partial charge is 0.241 e. The van der Waals surface area contributed by atoms with Gasteiger partial charge in [0.05, 0.1) is 11.9 Å². The molecule has 2 aliphatic heterocycles. The maximum atomic E-state index is 12.9. The van der Waals surface area contributed by atoms with Gasteiger partial charge in [0.15, 0.2) is 0 Å². The molecular weight excluding hydrogens is 344 g/mol. The molecule has 0 spiro atoms. The topological polar surface area (TPSA) is 87.0 Å². The Labute approximate surface area is 148 Å². The fourth-order valence-electron chi connectivity index (χ4n) is 3.61. The lowest BCUT2D eigenvalue weighted by Gasteiger charge is -2.39. The molecule has 2 aliphatic rings. The van der Waals surface area contributed by atoms with Gasteiger partial charge in [-0.05, 0) is 19.8 Å². The minimum absolute atomic E-state index is 0.0537. The van der Waals surface area contributed by atoms with Crippen molar-refractivity contribution in [2.75, 3.05) is 39.0 Å². The molecule has 25 heavy (non-hydrogen) atoms. The quantitative estimate of drug-likeness (QED) is 0.764. The van der Waals surface area contributed by atoms with Gasteiger partial charge in [-0.25, -0.2) is 8.42 Å². The van der Waals surface area contributed by atoms with Crippen molar-refractivity contribution in [3.63, 3.8) is 0 Å². The van der Waals surface area contributed by atoms with E-state index in [1.807, 2.05) is 13.0 Å². The first kappa shape index (κ1) is 18.3. The molecule has 0 N–H and O–H groups in total. The largest absolute Gasteiger partial charge is 0.361 e. The van der Waals surface area contributed by atoms with Crippen LogP contribution in [0.2, 0.25) is 0 Å². The van der Waals surface area contributed by atoms with Crippen LogP contribution in [-0.2, 0) is 21.4 Å². The van der Waals surface area contributed by atoms with Gasteiger partial charge in [0, 0.05) is 45.3 Å². The lowest BCUT2D eigenvalue weighted by molar-refractivity contribution is -0.138. The standard InChI is InChI=1S/C16H26N4O4S/c1-13-11-14(17-24-13)12-18-7-9-19(10-8-18)16(21)15-5-3-4-6-20(15)25(2,22)23/h11,15H,3-10,12H2,1-2H3. The van der Waals surface area contributed by atoms with Crippen LogP contribution >= 0.6 is 0 Å². The molecule has 0 aliphatic carbocycles. The first-order chi connectivity index (χ1) is 11.8. The number of hydrogen-bond acceptors (Lipinski definition) is 6. The summed E-state index contributed by atoms with van der Waals surface area (Å²) in [6, 6.07) is 1.39. The predicted molar refractivity (Wildman–Crippen MR) is 92.3 cm³/mol. The maximum absolute atomic E-state index is 12.9. The number of aryl methyl sites for hydroxylation is 1. The second kappa shape index (κ2) is 7.43. The van der Waals surface area contributed by atoms with Crippen molar-refractivity contribution >= 4 is 15.9 Å². The fourth-order valence-corrected chi connectivity index (χ4v) is 4.73. The summed E-state index contributed by atoms with van der Waals surface area (Å²) in [6.07, 6.45) is 3.52. The SMILES string of the molecule is Cc1cc(CN2CCN(C(=O)C3CCCCN3S(C)(=O)=O)CC2)no1. The van der Waals surface area contributed by atoms with Crippen LogP contribution < -0.4 is 0 Å². The number of piperidine rings is 1. The number of nitrogens with zero attached hydrogens (tertiary/aromatic N) is 4. The summed E-state index contributed by atoms with van der Waals surface area (Å²) >= 11 is 0. The van der Waals surface area contributed by atoms with Gasteiger partial charge in [-0.1, -0.05) is 11.6 Å². The van der Waals surface area contributed by atoms with Gasteiger partial charge >= 0.3 is 0 Å². The molecule has 1 aromatic rings. The third kappa shape index (κ3) is 4.39. The van der Waals surface area contributed by atoms with Crippen molar-refractivity contribution in [2.24, 2.45) is 0 Å². The van der Waals surface area contributed by atoms with E-state index in [9.17, 15) is 13.2 Å². The van der Waals surface area contributed by atoms with Crippen molar-refractivity contribution < 1.29 is 17.7 Å². The van der Waals surface area contributed by atoms with Crippen LogP contribution in [0.5, 0.6) is 0 Å². The lowest BCUT2D eigenvalue weighted by Crippen LogP contribution is -2.56. The molecule has 8 nitrogen and oxygen atoms in total. The molecular formula is C16H26N4O4S. The van der Waals surface area contributed by atoms with E-state index < -0.39 is 16.1 Å². The van der Waals surface area contributed by atoms with Gasteiger partial charge in [0.2, 0.25) is 15.9 Å². The zero-order valence-electron chi connectivity index (χ0n) is 14.8. The zero-order chi connectivity index (χ0) is 18.0. The van der Waals surface area contributed by atoms with E-state index in [-0.39, 0.29) is 5.91 Å². The summed E-state index contributed by atoms with van der Waals surface area (Å²) in [6.45, 7) is 5.75. The van der Waals surface area contributed by atoms with E-state index in [1.165, 1.54) is 10.6 Å². The number of hydrogen-bond donors (Lipinski definition) is 0. The molecule has 3 rings (SSSR count). The van der Waals surface area contributed by atoms with Crippen LogP contribution in [0, 0.1) is 6.92 Å². The minimum atomic E-state index is -3.35. The highest BCUT2D eigenvalue weighted by Crippen LogP contribution is 2.22. The van der Waals surface area contributed by atoms with E-state index >= 15 is 0 Å². The highest BCUT2D eigenvalue weighted by molar-refractivity contribution is 7.88. The number of amides is 1. The summed E-state index contributed by atoms with van der Waals surface area (Å²) in [7, 11) is -3.35. The van der Waals surface area contributed by atoms with Gasteiger partial charge in [0.25, 0.3) is 0 Å². The second-order valence-electron chi connectivity index (χ2n) is 6.92. The highest BCUT2D eigenvalue weighted by Gasteiger charge is 2.37. The summed E-state index contributed by atoms with van der Waals surface area (Å²) in [5.41, 5.74) is 0.896. The summed E-state index contributed by atoms with van der Waals surface area (Å²) in [4.78, 5) is 16.9. The van der Waals surface area contributed by atoms with Crippen molar-refractivity contribution in [1.82, 2.24) is 19.3 Å². The Morgan fingerprint density at radius 2 is 1.96 bits per heavy atom. The number of carbonyl (C=O) groups excluding carboxylic acids is 1. The molecule has 0 bridgehead atoms. The van der Waals surface area contributed by atoms with E-state index in [1.54, 1.807) is 4.90 Å². The average Bonchev–Trinajstić information content (AvgIpc) is 2.99. The normalized spacial score (nSPS) is 23.8. The third-order valence-electron chi connectivity index (χ3n) is 4.91. The molecule has 0 radical (unpaired) electrons. The van der Waals surface area contributed by atoms with Gasteiger partial charge in [-0.15, -0.1) is 0 Å². The summed E-state index contributed by atoms with van der Waals surface area (Å²) in [5, 5.41) is 4.00. The molecule has 0 saturated carbocycles. The fraction of sp³-hybridized carbons (Fsp3) is 0.750. The number of aromatic nitrogens is 1. The number of rotatable bonds is 4. The van der Waals surface area contributed by atoms with Gasteiger partial charge < -0.3 is 9.42 Å². The van der Waals surface area contributed by atoms with Crippen molar-refractivity contribution in [2.45, 2.75) is 38.8 Å². The van der Waals surface area contributed by atoms with E-state index in [2.05, 4.69) is 10.1 Å². The van der Waals surface area contributed by atoms with Gasteiger partial charge in [-0.2, -0.15) is 4.31 Å². The number of carbonyl (C=O) groups is 1. The number of piperazine rings is 1. The second-order valence-corrected chi connectivity index (χ2v) is 8.85. The molecule has 1 unspecified atom stereocenters. The van der Waals surface area contributed by atoms with Crippen LogP contribution in [0.1, 0.15) is 30.7 Å². The molecule has 140 valence electrons. The van der Waals surface area contributed by atoms with Gasteiger partial charge in [-0.3, -0.25) is 9.69 Å². The van der Waals surface area contributed by atoms with Crippen LogP contribution in [0.15, 0.2) is 10.6 Å². The van der Waals surface area contributed by atoms with E-state index in [0.717, 1.165) is 37.4 Å². The molecule has 2 fully saturated rings. The first-order valence-corrected chi connectivity index (χ1v) is 10.6. The van der Waals surface area contributed by atoms with Crippen LogP contribution in [0.3, 0.4) is 0 Å². The van der Waals surface area contributed by atoms with Crippen molar-refractivity contribution in [3.05, 3.63) is 17.5 Å². The predicted octanol–water partition coefficient (Wildman–Crippen LogP) is 0.441. The Hall–Kier alpha value is -1.45. The highest BCUT2D eigenvalue weighted by atomic mass is 32.2. The van der Waals surface area contributed by atoms with Crippen molar-refractivity contribution in [1.29, 1.82) is 0 Å². The Morgan fingerprint density at radius 3 is 2.56 bits per heavy atom. The molecule has 0 aromatic carbocycles. The van der Waals surface area contributed by atoms with Crippen LogP contribution in [0.4, 0.5) is 0 Å². The Bertz CT molecular complexity index is 709. The molecule has 1 amide bonds. The molecule has 9 heteroatoms. The average molecular weight is 370 g/mol. The zero-order valence-corrected chi connectivity index (χ0v) is 15.7. The minimum Gasteiger partial charge on any atom is -0.361 e. The Balaban J connectivity index is 1.57. The molecule has 2 saturated heterocycles.